The second-order valence-electron chi connectivity index (χ2n) is 12.0. The van der Waals surface area contributed by atoms with Gasteiger partial charge in [-0.05, 0) is 30.7 Å². The van der Waals surface area contributed by atoms with Gasteiger partial charge in [0.15, 0.2) is 5.82 Å². The highest BCUT2D eigenvalue weighted by molar-refractivity contribution is 7.51. The third-order valence-electron chi connectivity index (χ3n) is 6.51. The molecule has 56 heavy (non-hydrogen) atoms. The number of benzene rings is 2. The van der Waals surface area contributed by atoms with Crippen LogP contribution in [-0.2, 0) is 26.0 Å². The molecule has 0 aliphatic carbocycles. The third kappa shape index (κ3) is 13.7. The molecule has 1 unspecified atom stereocenters. The summed E-state index contributed by atoms with van der Waals surface area (Å²) >= 11 is 23.6. The molecule has 2 aromatic carbocycles. The van der Waals surface area contributed by atoms with Gasteiger partial charge in [0.05, 0.1) is 28.6 Å². The molecule has 4 rings (SSSR count). The van der Waals surface area contributed by atoms with Gasteiger partial charge < -0.3 is 29.2 Å². The molecule has 0 radical (unpaired) electrons. The molecule has 4 aromatic rings. The van der Waals surface area contributed by atoms with Gasteiger partial charge in [-0.2, -0.15) is 18.1 Å². The molecule has 0 saturated carbocycles. The average Bonchev–Trinajstić information content (AvgIpc) is 3.60. The van der Waals surface area contributed by atoms with Crippen LogP contribution < -0.4 is 21.5 Å². The molecule has 2 heterocycles. The Balaban J connectivity index is 0.000000314. The Morgan fingerprint density at radius 1 is 1.04 bits per heavy atom. The lowest BCUT2D eigenvalue weighted by Gasteiger charge is -2.11. The molecular formula is C31H32Cl4F3N6O11P. The van der Waals surface area contributed by atoms with Gasteiger partial charge in [0.25, 0.3) is 0 Å². The summed E-state index contributed by atoms with van der Waals surface area (Å²) in [6, 6.07) is 4.85. The van der Waals surface area contributed by atoms with E-state index in [0.717, 1.165) is 23.7 Å². The molecule has 0 aliphatic rings. The Labute approximate surface area is 334 Å². The zero-order chi connectivity index (χ0) is 42.9. The SMILES string of the molecule is C#CCOc1cc(-n2nc(C(C)(C)C)oc2=O)c(Cl)cc1Cl.Cc1nn(-c2cc(CC(Cl)C(=O)O)c(Cl)cc2F)c(=O)n1C(F)F.O=C(O)CNCP(=O)(O)O. The predicted molar refractivity (Wildman–Crippen MR) is 197 cm³/mol. The minimum atomic E-state index is -4.10. The summed E-state index contributed by atoms with van der Waals surface area (Å²) in [5.74, 6) is -1.44. The minimum absolute atomic E-state index is 0.0434. The van der Waals surface area contributed by atoms with Crippen molar-refractivity contribution >= 4 is 65.9 Å². The first-order valence-electron chi connectivity index (χ1n) is 15.2. The standard InChI is InChI=1S/C15H14Cl2N2O3.C13H10Cl2F3N3O3.C3H8NO5P/c1-5-6-21-12-8-11(9(16)7-10(12)17)19-14(20)22-13(18-19)15(2,3)4;1-5-19-21(13(24)20(5)12(17)18)10-3-6(2-8(15)11(22)23)7(14)4-9(10)16;5-3(6)1-4-2-10(7,8)9/h1,7-8H,6H2,2-4H3;3-4,8,12H,2H2,1H3,(H,22,23);4H,1-2H2,(H,5,6)(H2,7,8,9). The largest absolute Gasteiger partial charge is 0.480 e. The maximum absolute atomic E-state index is 14.1. The van der Waals surface area contributed by atoms with Crippen LogP contribution in [0.5, 0.6) is 5.75 Å². The summed E-state index contributed by atoms with van der Waals surface area (Å²) in [5.41, 5.74) is -1.65. The molecule has 0 saturated heterocycles. The molecule has 0 fully saturated rings. The summed E-state index contributed by atoms with van der Waals surface area (Å²) in [6.45, 7) is 3.28. The number of nitrogens with one attached hydrogen (secondary N) is 1. The van der Waals surface area contributed by atoms with E-state index in [1.54, 1.807) is 0 Å². The van der Waals surface area contributed by atoms with E-state index in [4.69, 9.17) is 82.0 Å². The van der Waals surface area contributed by atoms with E-state index in [2.05, 4.69) is 21.4 Å². The smallest absolute Gasteiger partial charge is 0.442 e. The fourth-order valence-corrected chi connectivity index (χ4v) is 5.30. The zero-order valence-corrected chi connectivity index (χ0v) is 33.3. The summed E-state index contributed by atoms with van der Waals surface area (Å²) in [4.78, 5) is 60.9. The van der Waals surface area contributed by atoms with Crippen LogP contribution in [0.15, 0.2) is 38.3 Å². The van der Waals surface area contributed by atoms with Crippen LogP contribution in [-0.4, -0.2) is 80.9 Å². The Hall–Kier alpha value is -4.32. The van der Waals surface area contributed by atoms with Crippen molar-refractivity contribution in [2.24, 2.45) is 0 Å². The quantitative estimate of drug-likeness (QED) is 0.0715. The maximum atomic E-state index is 14.1. The van der Waals surface area contributed by atoms with Crippen molar-refractivity contribution in [1.29, 1.82) is 0 Å². The number of terminal acetylenes is 1. The number of alkyl halides is 3. The van der Waals surface area contributed by atoms with Crippen LogP contribution in [0.2, 0.25) is 15.1 Å². The molecular weight excluding hydrogens is 862 g/mol. The number of aryl methyl sites for hydroxylation is 1. The van der Waals surface area contributed by atoms with E-state index in [1.807, 2.05) is 20.8 Å². The van der Waals surface area contributed by atoms with E-state index < -0.39 is 72.7 Å². The number of aliphatic carboxylic acids is 2. The second kappa shape index (κ2) is 20.2. The van der Waals surface area contributed by atoms with Crippen molar-refractivity contribution in [3.8, 4) is 29.5 Å². The molecule has 2 aromatic heterocycles. The number of halogens is 7. The highest BCUT2D eigenvalue weighted by Crippen LogP contribution is 2.33. The minimum Gasteiger partial charge on any atom is -0.480 e. The van der Waals surface area contributed by atoms with Crippen molar-refractivity contribution in [2.75, 3.05) is 19.4 Å². The lowest BCUT2D eigenvalue weighted by molar-refractivity contribution is -0.137. The van der Waals surface area contributed by atoms with Crippen molar-refractivity contribution < 1.29 is 56.5 Å². The first-order chi connectivity index (χ1) is 25.8. The van der Waals surface area contributed by atoms with Crippen LogP contribution in [0.4, 0.5) is 13.2 Å². The van der Waals surface area contributed by atoms with Gasteiger partial charge in [0, 0.05) is 22.9 Å². The number of carboxylic acid groups (broad SMARTS) is 2. The number of rotatable bonds is 12. The van der Waals surface area contributed by atoms with Crippen molar-refractivity contribution in [1.82, 2.24) is 29.4 Å². The summed E-state index contributed by atoms with van der Waals surface area (Å²) in [6.07, 6.45) is 4.30. The lowest BCUT2D eigenvalue weighted by atomic mass is 9.97. The van der Waals surface area contributed by atoms with E-state index >= 15 is 0 Å². The molecule has 0 aliphatic heterocycles. The monoisotopic (exact) mass is 892 g/mol. The van der Waals surface area contributed by atoms with E-state index in [0.29, 0.717) is 22.0 Å². The Bertz CT molecular complexity index is 2260. The van der Waals surface area contributed by atoms with Crippen molar-refractivity contribution in [3.63, 3.8) is 0 Å². The number of carboxylic acids is 2. The molecule has 0 amide bonds. The van der Waals surface area contributed by atoms with Crippen LogP contribution in [0.25, 0.3) is 11.4 Å². The first kappa shape index (κ1) is 47.8. The highest BCUT2D eigenvalue weighted by Gasteiger charge is 2.25. The fraction of sp³-hybridized carbons (Fsp3) is 0.355. The number of hydrogen-bond acceptors (Lipinski definition) is 10. The zero-order valence-electron chi connectivity index (χ0n) is 29.3. The number of aromatic nitrogens is 5. The van der Waals surface area contributed by atoms with E-state index in [9.17, 15) is 36.9 Å². The third-order valence-corrected chi connectivity index (χ3v) is 8.44. The second-order valence-corrected chi connectivity index (χ2v) is 15.4. The maximum Gasteiger partial charge on any atom is 0.442 e. The number of hydrogen-bond donors (Lipinski definition) is 5. The highest BCUT2D eigenvalue weighted by atomic mass is 35.5. The van der Waals surface area contributed by atoms with Crippen molar-refractivity contribution in [2.45, 2.75) is 51.5 Å². The molecule has 0 spiro atoms. The van der Waals surface area contributed by atoms with Gasteiger partial charge in [0.1, 0.15) is 29.2 Å². The summed E-state index contributed by atoms with van der Waals surface area (Å²) in [5, 5.41) is 25.7. The van der Waals surface area contributed by atoms with Gasteiger partial charge in [-0.1, -0.05) is 61.5 Å². The average molecular weight is 894 g/mol. The molecule has 306 valence electrons. The van der Waals surface area contributed by atoms with E-state index in [1.165, 1.54) is 12.1 Å². The Kier molecular flexibility index (Phi) is 17.3. The topological polar surface area (TPSA) is 241 Å². The van der Waals surface area contributed by atoms with E-state index in [-0.39, 0.29) is 44.1 Å². The van der Waals surface area contributed by atoms with Gasteiger partial charge in [-0.3, -0.25) is 19.5 Å². The first-order valence-corrected chi connectivity index (χ1v) is 18.6. The number of ether oxygens (including phenoxy) is 1. The molecule has 5 N–H and O–H groups in total. The van der Waals surface area contributed by atoms with Gasteiger partial charge in [-0.25, -0.2) is 18.5 Å². The summed E-state index contributed by atoms with van der Waals surface area (Å²) in [7, 11) is -4.10. The molecule has 0 bridgehead atoms. The predicted octanol–water partition coefficient (Wildman–Crippen LogP) is 5.00. The van der Waals surface area contributed by atoms with Crippen molar-refractivity contribution in [3.05, 3.63) is 83.5 Å². The molecule has 1 atom stereocenters. The van der Waals surface area contributed by atoms with Crippen LogP contribution in [0.3, 0.4) is 0 Å². The van der Waals surface area contributed by atoms with Crippen LogP contribution in [0.1, 0.15) is 44.6 Å². The lowest BCUT2D eigenvalue weighted by Crippen LogP contribution is -2.25. The number of carbonyl (C=O) groups is 2. The normalized spacial score (nSPS) is 11.9. The Morgan fingerprint density at radius 3 is 2.14 bits per heavy atom. The van der Waals surface area contributed by atoms with Crippen LogP contribution >= 0.6 is 54.0 Å². The molecule has 25 heteroatoms. The van der Waals surface area contributed by atoms with Gasteiger partial charge in [-0.15, -0.1) is 28.2 Å². The van der Waals surface area contributed by atoms with Gasteiger partial charge in [0.2, 0.25) is 5.89 Å². The van der Waals surface area contributed by atoms with Gasteiger partial charge >= 0.3 is 37.5 Å². The molecule has 17 nitrogen and oxygen atoms in total. The number of nitrogens with zero attached hydrogens (tertiary/aromatic N) is 5. The van der Waals surface area contributed by atoms with Crippen LogP contribution in [0, 0.1) is 25.1 Å². The Morgan fingerprint density at radius 2 is 1.66 bits per heavy atom. The summed E-state index contributed by atoms with van der Waals surface area (Å²) < 4.78 is 61.9. The fourth-order valence-electron chi connectivity index (χ4n) is 3.99.